The molecule has 2 rings (SSSR count). The van der Waals surface area contributed by atoms with Gasteiger partial charge in [0.2, 0.25) is 5.91 Å². The van der Waals surface area contributed by atoms with Gasteiger partial charge in [0.05, 0.1) is 0 Å². The van der Waals surface area contributed by atoms with Crippen molar-refractivity contribution in [2.45, 2.75) is 27.2 Å². The molecule has 0 radical (unpaired) electrons. The molecule has 0 bridgehead atoms. The zero-order valence-corrected chi connectivity index (χ0v) is 13.9. The summed E-state index contributed by atoms with van der Waals surface area (Å²) in [4.78, 5) is 12.0. The summed E-state index contributed by atoms with van der Waals surface area (Å²) < 4.78 is 0. The zero-order chi connectivity index (χ0) is 16.1. The van der Waals surface area contributed by atoms with Crippen LogP contribution in [-0.2, 0) is 4.79 Å². The average molecular weight is 317 g/mol. The molecule has 0 aliphatic rings. The van der Waals surface area contributed by atoms with E-state index in [1.165, 1.54) is 11.1 Å². The number of anilines is 2. The summed E-state index contributed by atoms with van der Waals surface area (Å²) in [5, 5.41) is 6.87. The fraction of sp³-hybridized carbons (Fsp3) is 0.278. The van der Waals surface area contributed by atoms with Crippen LogP contribution in [0, 0.1) is 20.8 Å². The quantitative estimate of drug-likeness (QED) is 0.839. The van der Waals surface area contributed by atoms with Crippen molar-refractivity contribution in [3.63, 3.8) is 0 Å². The molecule has 2 aromatic carbocycles. The van der Waals surface area contributed by atoms with E-state index in [9.17, 15) is 4.79 Å². The van der Waals surface area contributed by atoms with E-state index < -0.39 is 0 Å². The van der Waals surface area contributed by atoms with E-state index in [-0.39, 0.29) is 5.91 Å². The second-order valence-corrected chi connectivity index (χ2v) is 5.79. The minimum absolute atomic E-state index is 0.0248. The summed E-state index contributed by atoms with van der Waals surface area (Å²) in [6.45, 7) is 6.64. The molecule has 0 atom stereocenters. The highest BCUT2D eigenvalue weighted by Gasteiger charge is 2.07. The molecule has 2 N–H and O–H groups in total. The number of rotatable bonds is 5. The molecule has 0 unspecified atom stereocenters. The predicted molar refractivity (Wildman–Crippen MR) is 93.8 cm³/mol. The summed E-state index contributed by atoms with van der Waals surface area (Å²) >= 11 is 6.05. The highest BCUT2D eigenvalue weighted by Crippen LogP contribution is 2.23. The van der Waals surface area contributed by atoms with Gasteiger partial charge in [0, 0.05) is 29.4 Å². The molecule has 116 valence electrons. The number of aryl methyl sites for hydroxylation is 1. The van der Waals surface area contributed by atoms with E-state index in [0.717, 1.165) is 16.9 Å². The first-order chi connectivity index (χ1) is 10.5. The monoisotopic (exact) mass is 316 g/mol. The molecular formula is C18H21ClN2O. The van der Waals surface area contributed by atoms with Gasteiger partial charge in [0.15, 0.2) is 0 Å². The molecule has 0 saturated heterocycles. The maximum atomic E-state index is 12.0. The lowest BCUT2D eigenvalue weighted by atomic mass is 10.1. The van der Waals surface area contributed by atoms with Gasteiger partial charge in [-0.05, 0) is 55.7 Å². The Balaban J connectivity index is 1.88. The van der Waals surface area contributed by atoms with Crippen molar-refractivity contribution in [2.24, 2.45) is 0 Å². The Morgan fingerprint density at radius 1 is 1.00 bits per heavy atom. The zero-order valence-electron chi connectivity index (χ0n) is 13.2. The van der Waals surface area contributed by atoms with Gasteiger partial charge in [-0.1, -0.05) is 29.8 Å². The van der Waals surface area contributed by atoms with Crippen LogP contribution < -0.4 is 10.6 Å². The van der Waals surface area contributed by atoms with E-state index in [2.05, 4.69) is 30.5 Å². The normalized spacial score (nSPS) is 10.4. The summed E-state index contributed by atoms with van der Waals surface area (Å²) in [5.41, 5.74) is 5.19. The molecule has 0 heterocycles. The topological polar surface area (TPSA) is 41.1 Å². The van der Waals surface area contributed by atoms with Crippen LogP contribution in [0.25, 0.3) is 0 Å². The highest BCUT2D eigenvalue weighted by molar-refractivity contribution is 6.31. The standard InChI is InChI=1S/C18H21ClN2O/c1-12-6-4-8-16(13(12)2)20-11-10-18(22)21-17-9-5-7-15(19)14(17)3/h4-9,20H,10-11H2,1-3H3,(H,21,22). The van der Waals surface area contributed by atoms with Crippen molar-refractivity contribution in [2.75, 3.05) is 17.2 Å². The number of hydrogen-bond donors (Lipinski definition) is 2. The third-order valence-corrected chi connectivity index (χ3v) is 4.22. The van der Waals surface area contributed by atoms with Gasteiger partial charge in [-0.3, -0.25) is 4.79 Å². The number of hydrogen-bond acceptors (Lipinski definition) is 2. The van der Waals surface area contributed by atoms with Crippen molar-refractivity contribution >= 4 is 28.9 Å². The third-order valence-electron chi connectivity index (χ3n) is 3.81. The molecule has 0 fully saturated rings. The van der Waals surface area contributed by atoms with Gasteiger partial charge in [-0.15, -0.1) is 0 Å². The summed E-state index contributed by atoms with van der Waals surface area (Å²) in [7, 11) is 0. The maximum absolute atomic E-state index is 12.0. The van der Waals surface area contributed by atoms with Gasteiger partial charge < -0.3 is 10.6 Å². The van der Waals surface area contributed by atoms with Crippen molar-refractivity contribution in [1.82, 2.24) is 0 Å². The molecule has 0 saturated carbocycles. The Hall–Kier alpha value is -2.00. The Bertz CT molecular complexity index is 683. The second-order valence-electron chi connectivity index (χ2n) is 5.38. The van der Waals surface area contributed by atoms with Crippen molar-refractivity contribution < 1.29 is 4.79 Å². The number of halogens is 1. The molecule has 22 heavy (non-hydrogen) atoms. The van der Waals surface area contributed by atoms with Crippen LogP contribution in [0.2, 0.25) is 5.02 Å². The lowest BCUT2D eigenvalue weighted by Gasteiger charge is -2.12. The van der Waals surface area contributed by atoms with Crippen molar-refractivity contribution in [1.29, 1.82) is 0 Å². The van der Waals surface area contributed by atoms with Crippen molar-refractivity contribution in [3.8, 4) is 0 Å². The van der Waals surface area contributed by atoms with E-state index in [1.54, 1.807) is 0 Å². The summed E-state index contributed by atoms with van der Waals surface area (Å²) in [6.07, 6.45) is 0.402. The minimum atomic E-state index is -0.0248. The van der Waals surface area contributed by atoms with Gasteiger partial charge in [-0.25, -0.2) is 0 Å². The molecular weight excluding hydrogens is 296 g/mol. The molecule has 4 heteroatoms. The first-order valence-electron chi connectivity index (χ1n) is 7.34. The second kappa shape index (κ2) is 7.32. The molecule has 0 spiro atoms. The van der Waals surface area contributed by atoms with Gasteiger partial charge in [-0.2, -0.15) is 0 Å². The lowest BCUT2D eigenvalue weighted by molar-refractivity contribution is -0.115. The van der Waals surface area contributed by atoms with Crippen LogP contribution in [0.1, 0.15) is 23.1 Å². The largest absolute Gasteiger partial charge is 0.384 e. The summed E-state index contributed by atoms with van der Waals surface area (Å²) in [6, 6.07) is 11.6. The maximum Gasteiger partial charge on any atom is 0.226 e. The van der Waals surface area contributed by atoms with E-state index in [1.807, 2.05) is 37.3 Å². The number of benzene rings is 2. The highest BCUT2D eigenvalue weighted by atomic mass is 35.5. The van der Waals surface area contributed by atoms with Crippen LogP contribution in [-0.4, -0.2) is 12.5 Å². The van der Waals surface area contributed by atoms with Crippen LogP contribution in [0.3, 0.4) is 0 Å². The molecule has 2 aromatic rings. The van der Waals surface area contributed by atoms with Crippen LogP contribution >= 0.6 is 11.6 Å². The summed E-state index contributed by atoms with van der Waals surface area (Å²) in [5.74, 6) is -0.0248. The number of nitrogens with one attached hydrogen (secondary N) is 2. The Morgan fingerprint density at radius 3 is 2.45 bits per heavy atom. The predicted octanol–water partition coefficient (Wildman–Crippen LogP) is 4.71. The number of carbonyl (C=O) groups is 1. The van der Waals surface area contributed by atoms with Gasteiger partial charge in [0.1, 0.15) is 0 Å². The average Bonchev–Trinajstić information content (AvgIpc) is 2.48. The van der Waals surface area contributed by atoms with Gasteiger partial charge >= 0.3 is 0 Å². The molecule has 1 amide bonds. The van der Waals surface area contributed by atoms with E-state index in [4.69, 9.17) is 11.6 Å². The van der Waals surface area contributed by atoms with Crippen LogP contribution in [0.4, 0.5) is 11.4 Å². The Labute approximate surface area is 136 Å². The Morgan fingerprint density at radius 2 is 1.68 bits per heavy atom. The molecule has 0 aliphatic heterocycles. The minimum Gasteiger partial charge on any atom is -0.384 e. The fourth-order valence-electron chi connectivity index (χ4n) is 2.21. The Kier molecular flexibility index (Phi) is 5.45. The number of amides is 1. The lowest BCUT2D eigenvalue weighted by Crippen LogP contribution is -2.17. The SMILES string of the molecule is Cc1cccc(NCCC(=O)Nc2cccc(Cl)c2C)c1C. The smallest absolute Gasteiger partial charge is 0.226 e. The van der Waals surface area contributed by atoms with Crippen LogP contribution in [0.15, 0.2) is 36.4 Å². The van der Waals surface area contributed by atoms with E-state index >= 15 is 0 Å². The van der Waals surface area contributed by atoms with Gasteiger partial charge in [0.25, 0.3) is 0 Å². The molecule has 3 nitrogen and oxygen atoms in total. The third kappa shape index (κ3) is 4.01. The molecule has 0 aromatic heterocycles. The fourth-order valence-corrected chi connectivity index (χ4v) is 2.38. The number of carbonyl (C=O) groups excluding carboxylic acids is 1. The van der Waals surface area contributed by atoms with Crippen LogP contribution in [0.5, 0.6) is 0 Å². The van der Waals surface area contributed by atoms with E-state index in [0.29, 0.717) is 18.0 Å². The molecule has 0 aliphatic carbocycles. The first kappa shape index (κ1) is 16.4. The first-order valence-corrected chi connectivity index (χ1v) is 7.72. The van der Waals surface area contributed by atoms with Crippen molar-refractivity contribution in [3.05, 3.63) is 58.1 Å².